The Hall–Kier alpha value is -3.22. The van der Waals surface area contributed by atoms with Gasteiger partial charge in [-0.2, -0.15) is 4.98 Å². The van der Waals surface area contributed by atoms with Gasteiger partial charge in [-0.05, 0) is 50.6 Å². The fourth-order valence-corrected chi connectivity index (χ4v) is 3.18. The van der Waals surface area contributed by atoms with Crippen molar-refractivity contribution in [2.24, 2.45) is 5.14 Å². The molecule has 0 unspecified atom stereocenters. The quantitative estimate of drug-likeness (QED) is 0.598. The number of aromatic nitrogens is 3. The molecular formula is C20H21N5O3S. The number of hydrogen-bond acceptors (Lipinski definition) is 7. The van der Waals surface area contributed by atoms with Crippen molar-refractivity contribution in [1.29, 1.82) is 0 Å². The molecule has 9 heteroatoms. The highest BCUT2D eigenvalue weighted by molar-refractivity contribution is 7.89. The lowest BCUT2D eigenvalue weighted by atomic mass is 10.1. The molecule has 2 heterocycles. The van der Waals surface area contributed by atoms with Crippen LogP contribution in [0.25, 0.3) is 11.0 Å². The molecular weight excluding hydrogens is 390 g/mol. The number of benzene rings is 1. The smallest absolute Gasteiger partial charge is 0.245 e. The first-order valence-corrected chi connectivity index (χ1v) is 10.4. The van der Waals surface area contributed by atoms with Gasteiger partial charge in [0.05, 0.1) is 22.6 Å². The van der Waals surface area contributed by atoms with Crippen LogP contribution in [0, 0.1) is 12.3 Å². The van der Waals surface area contributed by atoms with E-state index in [1.54, 1.807) is 24.3 Å². The summed E-state index contributed by atoms with van der Waals surface area (Å²) >= 11 is 0. The highest BCUT2D eigenvalue weighted by atomic mass is 32.2. The van der Waals surface area contributed by atoms with E-state index < -0.39 is 10.0 Å². The fraction of sp³-hybridized carbons (Fsp3) is 0.250. The summed E-state index contributed by atoms with van der Waals surface area (Å²) in [7, 11) is -3.73. The molecule has 0 aliphatic heterocycles. The number of anilines is 1. The van der Waals surface area contributed by atoms with Gasteiger partial charge < -0.3 is 10.1 Å². The van der Waals surface area contributed by atoms with Gasteiger partial charge in [-0.15, -0.1) is 6.42 Å². The second kappa shape index (κ2) is 8.03. The van der Waals surface area contributed by atoms with Gasteiger partial charge in [0.2, 0.25) is 21.9 Å². The SMILES string of the molecule is C#Cc1ccc2nc(N[C@H](C)c3ccc(S(N)(=O)=O)cc3)nc(OC(C)C)c2n1. The van der Waals surface area contributed by atoms with Gasteiger partial charge in [-0.3, -0.25) is 0 Å². The van der Waals surface area contributed by atoms with Crippen LogP contribution in [0.2, 0.25) is 0 Å². The summed E-state index contributed by atoms with van der Waals surface area (Å²) in [6, 6.07) is 9.56. The maximum absolute atomic E-state index is 11.4. The molecule has 0 saturated heterocycles. The van der Waals surface area contributed by atoms with Crippen molar-refractivity contribution in [3.63, 3.8) is 0 Å². The lowest BCUT2D eigenvalue weighted by molar-refractivity contribution is 0.235. The maximum Gasteiger partial charge on any atom is 0.245 e. The van der Waals surface area contributed by atoms with E-state index in [0.29, 0.717) is 28.6 Å². The lowest BCUT2D eigenvalue weighted by Crippen LogP contribution is -2.14. The van der Waals surface area contributed by atoms with Gasteiger partial charge in [0.15, 0.2) is 5.52 Å². The average molecular weight is 411 g/mol. The van der Waals surface area contributed by atoms with Crippen molar-refractivity contribution < 1.29 is 13.2 Å². The molecule has 0 aliphatic rings. The molecule has 29 heavy (non-hydrogen) atoms. The average Bonchev–Trinajstić information content (AvgIpc) is 2.66. The molecule has 150 valence electrons. The molecule has 0 bridgehead atoms. The maximum atomic E-state index is 11.4. The van der Waals surface area contributed by atoms with Crippen molar-refractivity contribution in [2.45, 2.75) is 37.8 Å². The first-order chi connectivity index (χ1) is 13.7. The molecule has 0 amide bonds. The number of nitrogens with zero attached hydrogens (tertiary/aromatic N) is 3. The summed E-state index contributed by atoms with van der Waals surface area (Å²) in [5, 5.41) is 8.34. The highest BCUT2D eigenvalue weighted by Gasteiger charge is 2.15. The summed E-state index contributed by atoms with van der Waals surface area (Å²) in [6.45, 7) is 5.69. The molecule has 3 N–H and O–H groups in total. The van der Waals surface area contributed by atoms with Crippen LogP contribution in [-0.2, 0) is 10.0 Å². The summed E-state index contributed by atoms with van der Waals surface area (Å²) in [5.41, 5.74) is 2.39. The number of sulfonamides is 1. The zero-order chi connectivity index (χ0) is 21.2. The van der Waals surface area contributed by atoms with Gasteiger partial charge in [-0.1, -0.05) is 18.1 Å². The predicted octanol–water partition coefficient (Wildman–Crippen LogP) is 2.61. The molecule has 1 aromatic carbocycles. The van der Waals surface area contributed by atoms with E-state index in [9.17, 15) is 8.42 Å². The minimum atomic E-state index is -3.73. The van der Waals surface area contributed by atoms with E-state index in [1.165, 1.54) is 12.1 Å². The molecule has 1 atom stereocenters. The number of rotatable bonds is 6. The van der Waals surface area contributed by atoms with Crippen molar-refractivity contribution in [2.75, 3.05) is 5.32 Å². The summed E-state index contributed by atoms with van der Waals surface area (Å²) < 4.78 is 28.6. The third kappa shape index (κ3) is 4.80. The van der Waals surface area contributed by atoms with Crippen molar-refractivity contribution in [3.05, 3.63) is 47.7 Å². The molecule has 0 aliphatic carbocycles. The number of hydrogen-bond donors (Lipinski definition) is 2. The number of primary sulfonamides is 1. The van der Waals surface area contributed by atoms with E-state index in [-0.39, 0.29) is 17.0 Å². The van der Waals surface area contributed by atoms with E-state index in [4.69, 9.17) is 16.3 Å². The van der Waals surface area contributed by atoms with Crippen LogP contribution in [0.5, 0.6) is 5.88 Å². The number of fused-ring (bicyclic) bond motifs is 1. The Labute approximate surface area is 169 Å². The number of pyridine rings is 1. The molecule has 0 fully saturated rings. The third-order valence-corrected chi connectivity index (χ3v) is 4.99. The van der Waals surface area contributed by atoms with Crippen LogP contribution in [0.15, 0.2) is 41.3 Å². The minimum absolute atomic E-state index is 0.0541. The number of ether oxygens (including phenoxy) is 1. The van der Waals surface area contributed by atoms with Crippen LogP contribution in [-0.4, -0.2) is 29.5 Å². The largest absolute Gasteiger partial charge is 0.473 e. The molecule has 0 saturated carbocycles. The Balaban J connectivity index is 1.94. The van der Waals surface area contributed by atoms with Crippen LogP contribution in [0.3, 0.4) is 0 Å². The molecule has 3 aromatic rings. The predicted molar refractivity (Wildman–Crippen MR) is 111 cm³/mol. The second-order valence-electron chi connectivity index (χ2n) is 6.71. The van der Waals surface area contributed by atoms with Crippen molar-refractivity contribution >= 4 is 27.0 Å². The zero-order valence-electron chi connectivity index (χ0n) is 16.2. The Morgan fingerprint density at radius 3 is 2.34 bits per heavy atom. The van der Waals surface area contributed by atoms with Gasteiger partial charge in [0.1, 0.15) is 5.69 Å². The first kappa shape index (κ1) is 20.5. The van der Waals surface area contributed by atoms with Crippen LogP contribution >= 0.6 is 0 Å². The molecule has 0 spiro atoms. The van der Waals surface area contributed by atoms with Crippen molar-refractivity contribution in [3.8, 4) is 18.2 Å². The minimum Gasteiger partial charge on any atom is -0.473 e. The lowest BCUT2D eigenvalue weighted by Gasteiger charge is -2.17. The Kier molecular flexibility index (Phi) is 5.68. The van der Waals surface area contributed by atoms with Crippen LogP contribution in [0.1, 0.15) is 38.1 Å². The van der Waals surface area contributed by atoms with Gasteiger partial charge in [-0.25, -0.2) is 23.5 Å². The number of nitrogens with two attached hydrogens (primary N) is 1. The fourth-order valence-electron chi connectivity index (χ4n) is 2.66. The van der Waals surface area contributed by atoms with Gasteiger partial charge >= 0.3 is 0 Å². The Bertz CT molecular complexity index is 1190. The van der Waals surface area contributed by atoms with E-state index in [0.717, 1.165) is 5.56 Å². The standard InChI is InChI=1S/C20H21N5O3S/c1-5-15-8-11-17-18(23-15)19(28-12(2)3)25-20(24-17)22-13(4)14-6-9-16(10-7-14)29(21,26)27/h1,6-13H,2-4H3,(H2,21,26,27)(H,22,24,25)/t13-/m1/s1. The summed E-state index contributed by atoms with van der Waals surface area (Å²) in [6.07, 6.45) is 5.33. The number of nitrogens with one attached hydrogen (secondary N) is 1. The van der Waals surface area contributed by atoms with Crippen LogP contribution < -0.4 is 15.2 Å². The van der Waals surface area contributed by atoms with E-state index in [2.05, 4.69) is 26.2 Å². The van der Waals surface area contributed by atoms with E-state index >= 15 is 0 Å². The Morgan fingerprint density at radius 1 is 1.07 bits per heavy atom. The van der Waals surface area contributed by atoms with E-state index in [1.807, 2.05) is 20.8 Å². The monoisotopic (exact) mass is 411 g/mol. The van der Waals surface area contributed by atoms with Crippen LogP contribution in [0.4, 0.5) is 5.95 Å². The third-order valence-electron chi connectivity index (χ3n) is 4.06. The first-order valence-electron chi connectivity index (χ1n) is 8.88. The number of terminal acetylenes is 1. The van der Waals surface area contributed by atoms with Crippen molar-refractivity contribution in [1.82, 2.24) is 15.0 Å². The highest BCUT2D eigenvalue weighted by Crippen LogP contribution is 2.26. The molecule has 2 aromatic heterocycles. The van der Waals surface area contributed by atoms with Gasteiger partial charge in [0.25, 0.3) is 0 Å². The molecule has 0 radical (unpaired) electrons. The summed E-state index contributed by atoms with van der Waals surface area (Å²) in [4.78, 5) is 13.4. The summed E-state index contributed by atoms with van der Waals surface area (Å²) in [5.74, 6) is 3.18. The Morgan fingerprint density at radius 2 is 1.76 bits per heavy atom. The molecule has 8 nitrogen and oxygen atoms in total. The van der Waals surface area contributed by atoms with Gasteiger partial charge in [0, 0.05) is 0 Å². The second-order valence-corrected chi connectivity index (χ2v) is 8.27. The zero-order valence-corrected chi connectivity index (χ0v) is 17.1. The normalized spacial score (nSPS) is 12.6. The topological polar surface area (TPSA) is 120 Å². The molecule has 3 rings (SSSR count).